The van der Waals surface area contributed by atoms with Crippen LogP contribution in [0.1, 0.15) is 10.4 Å². The van der Waals surface area contributed by atoms with Gasteiger partial charge in [-0.1, -0.05) is 12.1 Å². The molecule has 5 aromatic rings. The quantitative estimate of drug-likeness (QED) is 0.264. The molecule has 0 atom stereocenters. The maximum absolute atomic E-state index is 14.2. The molecule has 0 saturated carbocycles. The second kappa shape index (κ2) is 10.3. The summed E-state index contributed by atoms with van der Waals surface area (Å²) in [5.74, 6) is -3.14. The number of benzene rings is 3. The molecule has 11 nitrogen and oxygen atoms in total. The molecule has 0 bridgehead atoms. The van der Waals surface area contributed by atoms with E-state index >= 15 is 0 Å². The van der Waals surface area contributed by atoms with E-state index in [1.165, 1.54) is 37.6 Å². The molecule has 41 heavy (non-hydrogen) atoms. The minimum Gasteiger partial charge on any atom is -0.480 e. The van der Waals surface area contributed by atoms with Crippen LogP contribution in [0, 0.1) is 11.6 Å². The maximum atomic E-state index is 14.2. The first-order valence-electron chi connectivity index (χ1n) is 11.7. The van der Waals surface area contributed by atoms with Gasteiger partial charge in [0.05, 0.1) is 23.7 Å². The highest BCUT2D eigenvalue weighted by molar-refractivity contribution is 7.92. The number of nitrogens with one attached hydrogen (secondary N) is 1. The molecule has 1 amide bonds. The topological polar surface area (TPSA) is 172 Å². The highest BCUT2D eigenvalue weighted by atomic mass is 32.2. The minimum atomic E-state index is -4.51. The van der Waals surface area contributed by atoms with Crippen molar-refractivity contribution in [3.05, 3.63) is 100 Å². The number of primary amides is 1. The Balaban J connectivity index is 1.60. The van der Waals surface area contributed by atoms with E-state index < -0.39 is 38.0 Å². The van der Waals surface area contributed by atoms with E-state index in [4.69, 9.17) is 16.2 Å². The van der Waals surface area contributed by atoms with Crippen LogP contribution in [0.15, 0.2) is 82.6 Å². The van der Waals surface area contributed by atoms with Crippen molar-refractivity contribution >= 4 is 38.5 Å². The summed E-state index contributed by atoms with van der Waals surface area (Å²) < 4.78 is 61.8. The van der Waals surface area contributed by atoms with Gasteiger partial charge >= 0.3 is 0 Å². The highest BCUT2D eigenvalue weighted by Gasteiger charge is 2.22. The number of sulfonamides is 1. The molecular weight excluding hydrogens is 558 g/mol. The number of rotatable bonds is 7. The Kier molecular flexibility index (Phi) is 6.84. The molecule has 0 aliphatic rings. The van der Waals surface area contributed by atoms with E-state index in [9.17, 15) is 26.8 Å². The van der Waals surface area contributed by atoms with Crippen LogP contribution in [-0.4, -0.2) is 36.0 Å². The van der Waals surface area contributed by atoms with Crippen molar-refractivity contribution in [2.75, 3.05) is 17.6 Å². The predicted octanol–water partition coefficient (Wildman–Crippen LogP) is 3.22. The Morgan fingerprint density at radius 2 is 1.80 bits per heavy atom. The van der Waals surface area contributed by atoms with Crippen molar-refractivity contribution in [2.24, 2.45) is 5.73 Å². The van der Waals surface area contributed by atoms with Crippen LogP contribution in [-0.2, 0) is 10.0 Å². The van der Waals surface area contributed by atoms with Gasteiger partial charge in [0.1, 0.15) is 22.2 Å². The second-order valence-corrected chi connectivity index (χ2v) is 10.4. The molecule has 2 aromatic heterocycles. The molecule has 208 valence electrons. The third-order valence-electron chi connectivity index (χ3n) is 6.09. The fourth-order valence-corrected chi connectivity index (χ4v) is 5.28. The van der Waals surface area contributed by atoms with Crippen molar-refractivity contribution in [2.45, 2.75) is 4.90 Å². The standard InChI is InChI=1S/C27H20F2N6O5S/c1-40-25-22(34-41(38,39)23-8-6-17(28)12-20(23)29)11-16(13-32-25)14-5-7-21-19(10-14)26(37)35(27(31)33-21)18-4-2-3-15(9-18)24(30)36/h2-13,34H,1H3,(H2,30,36)(H2,31,33). The predicted molar refractivity (Wildman–Crippen MR) is 147 cm³/mol. The number of halogens is 2. The number of ether oxygens (including phenoxy) is 1. The number of amides is 1. The number of hydrogen-bond donors (Lipinski definition) is 3. The fraction of sp³-hybridized carbons (Fsp3) is 0.0370. The zero-order valence-corrected chi connectivity index (χ0v) is 21.9. The zero-order valence-electron chi connectivity index (χ0n) is 21.1. The summed E-state index contributed by atoms with van der Waals surface area (Å²) in [4.78, 5) is 32.8. The summed E-state index contributed by atoms with van der Waals surface area (Å²) >= 11 is 0. The SMILES string of the molecule is COc1ncc(-c2ccc3nc(N)n(-c4cccc(C(N)=O)c4)c(=O)c3c2)cc1NS(=O)(=O)c1ccc(F)cc1F. The van der Waals surface area contributed by atoms with E-state index in [2.05, 4.69) is 14.7 Å². The number of nitrogens with two attached hydrogens (primary N) is 2. The van der Waals surface area contributed by atoms with Crippen molar-refractivity contribution < 1.29 is 26.7 Å². The van der Waals surface area contributed by atoms with Gasteiger partial charge in [0.25, 0.3) is 15.6 Å². The third-order valence-corrected chi connectivity index (χ3v) is 7.49. The largest absolute Gasteiger partial charge is 0.480 e. The van der Waals surface area contributed by atoms with E-state index in [0.29, 0.717) is 17.2 Å². The van der Waals surface area contributed by atoms with Crippen LogP contribution in [0.25, 0.3) is 27.7 Å². The number of anilines is 2. The van der Waals surface area contributed by atoms with Gasteiger partial charge in [0, 0.05) is 23.4 Å². The van der Waals surface area contributed by atoms with E-state index in [-0.39, 0.29) is 39.7 Å². The number of nitrogens with zero attached hydrogens (tertiary/aromatic N) is 3. The van der Waals surface area contributed by atoms with Gasteiger partial charge in [-0.15, -0.1) is 0 Å². The molecule has 5 N–H and O–H groups in total. The summed E-state index contributed by atoms with van der Waals surface area (Å²) in [6.07, 6.45) is 1.38. The minimum absolute atomic E-state index is 0.118. The first-order chi connectivity index (χ1) is 19.5. The number of nitrogen functional groups attached to an aromatic ring is 1. The molecule has 3 aromatic carbocycles. The van der Waals surface area contributed by atoms with Crippen molar-refractivity contribution in [3.63, 3.8) is 0 Å². The number of carbonyl (C=O) groups is 1. The van der Waals surface area contributed by atoms with Gasteiger partial charge in [0.2, 0.25) is 17.7 Å². The molecule has 0 aliphatic carbocycles. The molecule has 0 fully saturated rings. The molecule has 0 saturated heterocycles. The molecule has 14 heteroatoms. The van der Waals surface area contributed by atoms with Crippen molar-refractivity contribution in [1.29, 1.82) is 0 Å². The lowest BCUT2D eigenvalue weighted by Gasteiger charge is -2.14. The maximum Gasteiger partial charge on any atom is 0.267 e. The second-order valence-electron chi connectivity index (χ2n) is 8.72. The summed E-state index contributed by atoms with van der Waals surface area (Å²) in [5, 5.41) is 0.160. The lowest BCUT2D eigenvalue weighted by atomic mass is 10.0. The van der Waals surface area contributed by atoms with Crippen LogP contribution in [0.2, 0.25) is 0 Å². The first kappa shape index (κ1) is 27.2. The van der Waals surface area contributed by atoms with Gasteiger partial charge in [-0.05, 0) is 54.1 Å². The third kappa shape index (κ3) is 5.15. The molecule has 5 rings (SSSR count). The van der Waals surface area contributed by atoms with E-state index in [0.717, 1.165) is 16.7 Å². The Labute approximate surface area is 231 Å². The van der Waals surface area contributed by atoms with Gasteiger partial charge in [-0.3, -0.25) is 14.3 Å². The van der Waals surface area contributed by atoms with E-state index in [1.54, 1.807) is 24.3 Å². The average Bonchev–Trinajstić information content (AvgIpc) is 2.92. The number of methoxy groups -OCH3 is 1. The Hall–Kier alpha value is -5.37. The molecule has 0 unspecified atom stereocenters. The molecule has 0 aliphatic heterocycles. The van der Waals surface area contributed by atoms with Gasteiger partial charge in [-0.2, -0.15) is 0 Å². The number of carbonyl (C=O) groups excluding carboxylic acids is 1. The summed E-state index contributed by atoms with van der Waals surface area (Å²) in [6.45, 7) is 0. The lowest BCUT2D eigenvalue weighted by molar-refractivity contribution is 0.1000. The number of hydrogen-bond acceptors (Lipinski definition) is 8. The lowest BCUT2D eigenvalue weighted by Crippen LogP contribution is -2.23. The number of pyridine rings is 1. The van der Waals surface area contributed by atoms with Gasteiger partial charge in [0.15, 0.2) is 0 Å². The smallest absolute Gasteiger partial charge is 0.267 e. The highest BCUT2D eigenvalue weighted by Crippen LogP contribution is 2.31. The summed E-state index contributed by atoms with van der Waals surface area (Å²) in [5.41, 5.74) is 12.3. The number of aromatic nitrogens is 3. The average molecular weight is 579 g/mol. The van der Waals surface area contributed by atoms with Crippen LogP contribution >= 0.6 is 0 Å². The van der Waals surface area contributed by atoms with Crippen molar-refractivity contribution in [3.8, 4) is 22.7 Å². The Morgan fingerprint density at radius 3 is 2.51 bits per heavy atom. The Morgan fingerprint density at radius 1 is 1.02 bits per heavy atom. The van der Waals surface area contributed by atoms with Crippen LogP contribution in [0.5, 0.6) is 5.88 Å². The molecule has 2 heterocycles. The van der Waals surface area contributed by atoms with Crippen molar-refractivity contribution in [1.82, 2.24) is 14.5 Å². The molecular formula is C27H20F2N6O5S. The first-order valence-corrected chi connectivity index (χ1v) is 13.2. The zero-order chi connectivity index (χ0) is 29.5. The van der Waals surface area contributed by atoms with Gasteiger partial charge in [-0.25, -0.2) is 31.7 Å². The van der Waals surface area contributed by atoms with E-state index in [1.807, 2.05) is 0 Å². The molecule has 0 radical (unpaired) electrons. The fourth-order valence-electron chi connectivity index (χ4n) is 4.17. The van der Waals surface area contributed by atoms with Gasteiger partial charge < -0.3 is 16.2 Å². The van der Waals surface area contributed by atoms with Crippen LogP contribution in [0.3, 0.4) is 0 Å². The van der Waals surface area contributed by atoms with Crippen LogP contribution in [0.4, 0.5) is 20.4 Å². The Bertz CT molecular complexity index is 2030. The molecule has 0 spiro atoms. The normalized spacial score (nSPS) is 11.4. The monoisotopic (exact) mass is 578 g/mol. The summed E-state index contributed by atoms with van der Waals surface area (Å²) in [7, 11) is -3.24. The van der Waals surface area contributed by atoms with Crippen LogP contribution < -0.4 is 26.5 Å². The summed E-state index contributed by atoms with van der Waals surface area (Å²) in [6, 6.07) is 14.1. The number of fused-ring (bicyclic) bond motifs is 1.